The lowest BCUT2D eigenvalue weighted by Crippen LogP contribution is -2.58. The monoisotopic (exact) mass is 516 g/mol. The molecule has 37 heavy (non-hydrogen) atoms. The first-order valence-electron chi connectivity index (χ1n) is 10.8. The van der Waals surface area contributed by atoms with Crippen molar-refractivity contribution in [2.45, 2.75) is 36.8 Å². The molecule has 196 valence electrons. The molecule has 2 unspecified atom stereocenters. The van der Waals surface area contributed by atoms with Crippen molar-refractivity contribution in [3.8, 4) is 23.0 Å². The molecule has 4 atom stereocenters. The third kappa shape index (κ3) is 6.57. The van der Waals surface area contributed by atoms with E-state index in [4.69, 9.17) is 9.47 Å². The van der Waals surface area contributed by atoms with Gasteiger partial charge < -0.3 is 45.2 Å². The van der Waals surface area contributed by atoms with E-state index in [-0.39, 0.29) is 17.1 Å². The summed E-state index contributed by atoms with van der Waals surface area (Å²) >= 11 is 0. The number of benzene rings is 2. The minimum atomic E-state index is -2.34. The predicted molar refractivity (Wildman–Crippen MR) is 125 cm³/mol. The van der Waals surface area contributed by atoms with Crippen LogP contribution in [0.1, 0.15) is 24.0 Å². The van der Waals surface area contributed by atoms with Crippen LogP contribution in [0.25, 0.3) is 12.2 Å². The molecule has 0 bridgehead atoms. The summed E-state index contributed by atoms with van der Waals surface area (Å²) in [5.41, 5.74) is -1.73. The summed E-state index contributed by atoms with van der Waals surface area (Å²) < 4.78 is 10.2. The molecule has 1 aliphatic carbocycles. The molecule has 1 saturated carbocycles. The topological polar surface area (TPSA) is 211 Å². The Hall–Kier alpha value is -4.55. The number of aromatic hydroxyl groups is 4. The van der Waals surface area contributed by atoms with E-state index in [0.717, 1.165) is 18.2 Å². The molecular weight excluding hydrogens is 492 g/mol. The predicted octanol–water partition coefficient (Wildman–Crippen LogP) is 1.03. The normalized spacial score (nSPS) is 23.7. The number of phenols is 4. The zero-order valence-electron chi connectivity index (χ0n) is 19.1. The maximum atomic E-state index is 12.4. The van der Waals surface area contributed by atoms with Gasteiger partial charge in [-0.05, 0) is 47.5 Å². The number of aliphatic carboxylic acids is 1. The number of carboxylic acids is 1. The van der Waals surface area contributed by atoms with Gasteiger partial charge in [-0.25, -0.2) is 14.4 Å². The number of carboxylic acid groups (broad SMARTS) is 1. The number of aliphatic hydroxyl groups is 2. The number of hydrogen-bond donors (Lipinski definition) is 7. The highest BCUT2D eigenvalue weighted by Crippen LogP contribution is 2.35. The van der Waals surface area contributed by atoms with Gasteiger partial charge in [0.1, 0.15) is 12.2 Å². The van der Waals surface area contributed by atoms with E-state index in [2.05, 4.69) is 0 Å². The second-order valence-electron chi connectivity index (χ2n) is 8.33. The molecule has 0 radical (unpaired) electrons. The Labute approximate surface area is 209 Å². The summed E-state index contributed by atoms with van der Waals surface area (Å²) in [6, 6.07) is 7.44. The van der Waals surface area contributed by atoms with Crippen LogP contribution in [0.2, 0.25) is 0 Å². The summed E-state index contributed by atoms with van der Waals surface area (Å²) in [5, 5.41) is 68.0. The Morgan fingerprint density at radius 3 is 1.78 bits per heavy atom. The number of aliphatic hydroxyl groups excluding tert-OH is 2. The van der Waals surface area contributed by atoms with Crippen LogP contribution in [0.15, 0.2) is 48.6 Å². The molecule has 0 aromatic heterocycles. The molecule has 2 aromatic rings. The van der Waals surface area contributed by atoms with Crippen molar-refractivity contribution in [3.63, 3.8) is 0 Å². The molecule has 0 saturated heterocycles. The average molecular weight is 516 g/mol. The van der Waals surface area contributed by atoms with Crippen molar-refractivity contribution >= 4 is 30.1 Å². The average Bonchev–Trinajstić information content (AvgIpc) is 2.83. The lowest BCUT2D eigenvalue weighted by atomic mass is 9.79. The van der Waals surface area contributed by atoms with Crippen LogP contribution in [0.5, 0.6) is 23.0 Å². The second kappa shape index (κ2) is 11.0. The number of esters is 2. The van der Waals surface area contributed by atoms with E-state index in [1.165, 1.54) is 42.5 Å². The Balaban J connectivity index is 1.73. The van der Waals surface area contributed by atoms with Gasteiger partial charge in [0.15, 0.2) is 23.0 Å². The van der Waals surface area contributed by atoms with Gasteiger partial charge in [-0.1, -0.05) is 12.1 Å². The van der Waals surface area contributed by atoms with Gasteiger partial charge >= 0.3 is 17.9 Å². The number of rotatable bonds is 7. The fraction of sp³-hybridized carbons (Fsp3) is 0.240. The van der Waals surface area contributed by atoms with Crippen molar-refractivity contribution in [3.05, 3.63) is 59.7 Å². The number of ether oxygens (including phenoxy) is 2. The van der Waals surface area contributed by atoms with Gasteiger partial charge in [-0.3, -0.25) is 0 Å². The third-order valence-corrected chi connectivity index (χ3v) is 5.62. The Kier molecular flexibility index (Phi) is 8.05. The van der Waals surface area contributed by atoms with Crippen LogP contribution in [0.4, 0.5) is 0 Å². The SMILES string of the molecule is O=C(/C=C/c1ccc(O)c(O)c1)OC1C[C@](OC(=O)/C=C/c2ccc(O)c(O)c2)(C(=O)O)CC(O)[C@H]1O. The van der Waals surface area contributed by atoms with Crippen molar-refractivity contribution in [2.75, 3.05) is 0 Å². The van der Waals surface area contributed by atoms with Crippen molar-refractivity contribution < 1.29 is 59.6 Å². The third-order valence-electron chi connectivity index (χ3n) is 5.62. The molecule has 7 N–H and O–H groups in total. The van der Waals surface area contributed by atoms with Crippen LogP contribution >= 0.6 is 0 Å². The molecule has 2 aromatic carbocycles. The second-order valence-corrected chi connectivity index (χ2v) is 8.33. The van der Waals surface area contributed by atoms with Crippen LogP contribution in [0, 0.1) is 0 Å². The first-order valence-corrected chi connectivity index (χ1v) is 10.8. The lowest BCUT2D eigenvalue weighted by molar-refractivity contribution is -0.207. The Bertz CT molecular complexity index is 1250. The molecule has 1 fully saturated rings. The van der Waals surface area contributed by atoms with E-state index < -0.39 is 66.2 Å². The first-order chi connectivity index (χ1) is 17.4. The fourth-order valence-corrected chi connectivity index (χ4v) is 3.68. The number of phenolic OH excluding ortho intramolecular Hbond substituents is 4. The Morgan fingerprint density at radius 2 is 1.30 bits per heavy atom. The maximum Gasteiger partial charge on any atom is 0.348 e. The number of carbonyl (C=O) groups is 3. The highest BCUT2D eigenvalue weighted by atomic mass is 16.6. The molecule has 1 aliphatic rings. The summed E-state index contributed by atoms with van der Waals surface area (Å²) in [6.07, 6.45) is -2.09. The van der Waals surface area contributed by atoms with Gasteiger partial charge in [-0.15, -0.1) is 0 Å². The summed E-state index contributed by atoms with van der Waals surface area (Å²) in [5.74, 6) is -5.41. The molecule has 0 aliphatic heterocycles. The standard InChI is InChI=1S/C25H24O12/c26-15-5-1-13(9-17(15)28)3-7-21(31)36-20-12-25(24(34)35,11-19(30)23(20)33)37-22(32)8-4-14-2-6-16(27)18(29)10-14/h1-10,19-20,23,26-30,33H,11-12H2,(H,34,35)/b7-3+,8-4+/t19?,20?,23-,25+/m1/s1. The summed E-state index contributed by atoms with van der Waals surface area (Å²) in [4.78, 5) is 36.7. The van der Waals surface area contributed by atoms with Crippen LogP contribution < -0.4 is 0 Å². The van der Waals surface area contributed by atoms with Gasteiger partial charge in [0.2, 0.25) is 5.60 Å². The van der Waals surface area contributed by atoms with Crippen molar-refractivity contribution in [1.29, 1.82) is 0 Å². The van der Waals surface area contributed by atoms with E-state index in [9.17, 15) is 50.1 Å². The van der Waals surface area contributed by atoms with Gasteiger partial charge in [0, 0.05) is 25.0 Å². The van der Waals surface area contributed by atoms with Gasteiger partial charge in [-0.2, -0.15) is 0 Å². The fourth-order valence-electron chi connectivity index (χ4n) is 3.68. The van der Waals surface area contributed by atoms with E-state index >= 15 is 0 Å². The number of carbonyl (C=O) groups excluding carboxylic acids is 2. The minimum Gasteiger partial charge on any atom is -0.504 e. The van der Waals surface area contributed by atoms with Crippen LogP contribution in [-0.4, -0.2) is 77.6 Å². The van der Waals surface area contributed by atoms with E-state index in [1.54, 1.807) is 0 Å². The van der Waals surface area contributed by atoms with E-state index in [1.807, 2.05) is 0 Å². The molecule has 3 rings (SSSR count). The zero-order chi connectivity index (χ0) is 27.3. The van der Waals surface area contributed by atoms with Crippen molar-refractivity contribution in [1.82, 2.24) is 0 Å². The van der Waals surface area contributed by atoms with Gasteiger partial charge in [0.25, 0.3) is 0 Å². The lowest BCUT2D eigenvalue weighted by Gasteiger charge is -2.41. The number of hydrogen-bond acceptors (Lipinski definition) is 11. The highest BCUT2D eigenvalue weighted by Gasteiger charge is 2.54. The molecular formula is C25H24O12. The smallest absolute Gasteiger partial charge is 0.348 e. The van der Waals surface area contributed by atoms with Crippen LogP contribution in [0.3, 0.4) is 0 Å². The quantitative estimate of drug-likeness (QED) is 0.156. The van der Waals surface area contributed by atoms with Gasteiger partial charge in [0.05, 0.1) is 6.10 Å². The molecule has 0 spiro atoms. The molecule has 0 amide bonds. The summed E-state index contributed by atoms with van der Waals surface area (Å²) in [7, 11) is 0. The minimum absolute atomic E-state index is 0.288. The molecule has 12 heteroatoms. The van der Waals surface area contributed by atoms with E-state index in [0.29, 0.717) is 5.56 Å². The van der Waals surface area contributed by atoms with Crippen LogP contribution in [-0.2, 0) is 23.9 Å². The molecule has 12 nitrogen and oxygen atoms in total. The first kappa shape index (κ1) is 27.0. The zero-order valence-corrected chi connectivity index (χ0v) is 19.1. The van der Waals surface area contributed by atoms with Crippen molar-refractivity contribution in [2.24, 2.45) is 0 Å². The summed E-state index contributed by atoms with van der Waals surface area (Å²) in [6.45, 7) is 0. The maximum absolute atomic E-state index is 12.4. The Morgan fingerprint density at radius 1 is 0.784 bits per heavy atom. The molecule has 0 heterocycles. The highest BCUT2D eigenvalue weighted by molar-refractivity contribution is 5.91. The largest absolute Gasteiger partial charge is 0.504 e.